The van der Waals surface area contributed by atoms with Crippen LogP contribution in [0.25, 0.3) is 0 Å². The summed E-state index contributed by atoms with van der Waals surface area (Å²) < 4.78 is 16.2. The first kappa shape index (κ1) is 18.3. The van der Waals surface area contributed by atoms with E-state index >= 15 is 0 Å². The van der Waals surface area contributed by atoms with Crippen molar-refractivity contribution in [2.45, 2.75) is 24.8 Å². The van der Waals surface area contributed by atoms with Crippen LogP contribution < -0.4 is 14.8 Å². The quantitative estimate of drug-likeness (QED) is 0.737. The van der Waals surface area contributed by atoms with Crippen molar-refractivity contribution in [3.63, 3.8) is 0 Å². The molecule has 0 aromatic heterocycles. The van der Waals surface area contributed by atoms with Crippen LogP contribution in [0.4, 0.5) is 4.79 Å². The number of hydrogen-bond acceptors (Lipinski definition) is 6. The van der Waals surface area contributed by atoms with Crippen molar-refractivity contribution >= 4 is 12.1 Å². The molecule has 3 rings (SSSR count). The van der Waals surface area contributed by atoms with Crippen LogP contribution in [0.3, 0.4) is 0 Å². The van der Waals surface area contributed by atoms with E-state index in [4.69, 9.17) is 19.3 Å². The topological polar surface area (TPSA) is 97.3 Å². The lowest BCUT2D eigenvalue weighted by Gasteiger charge is -2.31. The second kappa shape index (κ2) is 8.27. The summed E-state index contributed by atoms with van der Waals surface area (Å²) in [7, 11) is 1.38. The minimum atomic E-state index is -0.882. The second-order valence-electron chi connectivity index (χ2n) is 6.50. The van der Waals surface area contributed by atoms with E-state index in [1.54, 1.807) is 0 Å². The van der Waals surface area contributed by atoms with Crippen molar-refractivity contribution in [3.8, 4) is 11.5 Å². The van der Waals surface area contributed by atoms with E-state index in [0.717, 1.165) is 17.1 Å². The molecule has 1 amide bonds. The fourth-order valence-electron chi connectivity index (χ4n) is 3.31. The zero-order valence-corrected chi connectivity index (χ0v) is 14.8. The van der Waals surface area contributed by atoms with Crippen molar-refractivity contribution < 1.29 is 28.9 Å². The summed E-state index contributed by atoms with van der Waals surface area (Å²) in [6.45, 7) is 2.58. The average Bonchev–Trinajstić information content (AvgIpc) is 3.04. The molecule has 2 aliphatic heterocycles. The summed E-state index contributed by atoms with van der Waals surface area (Å²) in [6, 6.07) is 5.70. The molecule has 8 nitrogen and oxygen atoms in total. The van der Waals surface area contributed by atoms with Crippen LogP contribution in [-0.2, 0) is 9.53 Å². The summed E-state index contributed by atoms with van der Waals surface area (Å²) in [6.07, 6.45) is 0.111. The number of nitrogens with one attached hydrogen (secondary N) is 1. The van der Waals surface area contributed by atoms with Crippen LogP contribution in [0.15, 0.2) is 18.2 Å². The number of hydrogen-bond donors (Lipinski definition) is 2. The third-order valence-electron chi connectivity index (χ3n) is 4.76. The van der Waals surface area contributed by atoms with Gasteiger partial charge in [-0.05, 0) is 24.6 Å². The van der Waals surface area contributed by atoms with Crippen LogP contribution in [0.1, 0.15) is 24.3 Å². The predicted octanol–water partition coefficient (Wildman–Crippen LogP) is 1.45. The summed E-state index contributed by atoms with van der Waals surface area (Å²) in [5, 5.41) is 12.4. The lowest BCUT2D eigenvalue weighted by atomic mass is 9.98. The summed E-state index contributed by atoms with van der Waals surface area (Å²) in [4.78, 5) is 24.0. The molecule has 1 saturated heterocycles. The SMILES string of the molecule is COC(=O)CC1COc2ccc(OCC[C@@H]3CN(C(=O)O)CCN3)cc21. The lowest BCUT2D eigenvalue weighted by Crippen LogP contribution is -2.52. The van der Waals surface area contributed by atoms with E-state index in [2.05, 4.69) is 5.32 Å². The van der Waals surface area contributed by atoms with Crippen molar-refractivity contribution in [2.75, 3.05) is 40.0 Å². The number of rotatable bonds is 6. The van der Waals surface area contributed by atoms with Gasteiger partial charge in [0.15, 0.2) is 0 Å². The molecule has 0 saturated carbocycles. The van der Waals surface area contributed by atoms with Crippen molar-refractivity contribution in [2.24, 2.45) is 0 Å². The molecular weight excluding hydrogens is 340 g/mol. The molecule has 0 radical (unpaired) electrons. The van der Waals surface area contributed by atoms with Gasteiger partial charge in [0.1, 0.15) is 11.5 Å². The normalized spacial score (nSPS) is 21.7. The van der Waals surface area contributed by atoms with Crippen LogP contribution >= 0.6 is 0 Å². The average molecular weight is 364 g/mol. The molecule has 0 aliphatic carbocycles. The summed E-state index contributed by atoms with van der Waals surface area (Å²) in [5.41, 5.74) is 0.959. The highest BCUT2D eigenvalue weighted by Gasteiger charge is 2.27. The van der Waals surface area contributed by atoms with Gasteiger partial charge in [-0.25, -0.2) is 4.79 Å². The number of amides is 1. The van der Waals surface area contributed by atoms with Crippen LogP contribution in [-0.4, -0.2) is 68.1 Å². The Balaban J connectivity index is 1.52. The monoisotopic (exact) mass is 364 g/mol. The summed E-state index contributed by atoms with van der Waals surface area (Å²) >= 11 is 0. The first-order chi connectivity index (χ1) is 12.6. The Kier molecular flexibility index (Phi) is 5.82. The minimum absolute atomic E-state index is 0.0230. The zero-order chi connectivity index (χ0) is 18.5. The molecule has 2 N–H and O–H groups in total. The number of benzene rings is 1. The number of nitrogens with zero attached hydrogens (tertiary/aromatic N) is 1. The number of ether oxygens (including phenoxy) is 3. The number of carbonyl (C=O) groups is 2. The molecule has 2 heterocycles. The Morgan fingerprint density at radius 3 is 3.04 bits per heavy atom. The van der Waals surface area contributed by atoms with Crippen LogP contribution in [0.5, 0.6) is 11.5 Å². The number of piperazine rings is 1. The van der Waals surface area contributed by atoms with Gasteiger partial charge in [-0.2, -0.15) is 0 Å². The Morgan fingerprint density at radius 2 is 2.27 bits per heavy atom. The maximum Gasteiger partial charge on any atom is 0.407 e. The molecule has 1 aromatic rings. The Labute approximate surface area is 152 Å². The number of fused-ring (bicyclic) bond motifs is 1. The smallest absolute Gasteiger partial charge is 0.407 e. The van der Waals surface area contributed by atoms with Gasteiger partial charge >= 0.3 is 12.1 Å². The van der Waals surface area contributed by atoms with Gasteiger partial charge in [0.2, 0.25) is 0 Å². The molecule has 1 fully saturated rings. The number of methoxy groups -OCH3 is 1. The fourth-order valence-corrected chi connectivity index (χ4v) is 3.31. The Morgan fingerprint density at radius 1 is 1.42 bits per heavy atom. The second-order valence-corrected chi connectivity index (χ2v) is 6.50. The van der Waals surface area contributed by atoms with E-state index in [1.165, 1.54) is 12.0 Å². The molecule has 1 aromatic carbocycles. The molecule has 0 bridgehead atoms. The molecule has 0 spiro atoms. The summed E-state index contributed by atoms with van der Waals surface area (Å²) in [5.74, 6) is 1.21. The molecule has 2 atom stereocenters. The molecular formula is C18H24N2O6. The van der Waals surface area contributed by atoms with Gasteiger partial charge in [0.25, 0.3) is 0 Å². The standard InChI is InChI=1S/C18H24N2O6/c1-24-17(21)8-12-11-26-16-3-2-14(9-15(12)16)25-7-4-13-10-20(18(22)23)6-5-19-13/h2-3,9,12-13,19H,4-8,10-11H2,1H3,(H,22,23)/t12?,13-/m1/s1. The largest absolute Gasteiger partial charge is 0.494 e. The highest BCUT2D eigenvalue weighted by molar-refractivity contribution is 5.71. The Hall–Kier alpha value is -2.48. The third-order valence-corrected chi connectivity index (χ3v) is 4.76. The molecule has 1 unspecified atom stereocenters. The number of carboxylic acid groups (broad SMARTS) is 1. The maximum absolute atomic E-state index is 11.5. The van der Waals surface area contributed by atoms with E-state index in [-0.39, 0.29) is 24.3 Å². The van der Waals surface area contributed by atoms with Gasteiger partial charge in [-0.15, -0.1) is 0 Å². The van der Waals surface area contributed by atoms with E-state index in [9.17, 15) is 9.59 Å². The lowest BCUT2D eigenvalue weighted by molar-refractivity contribution is -0.141. The van der Waals surface area contributed by atoms with Crippen molar-refractivity contribution in [1.29, 1.82) is 0 Å². The fraction of sp³-hybridized carbons (Fsp3) is 0.556. The van der Waals surface area contributed by atoms with Gasteiger partial charge in [-0.3, -0.25) is 4.79 Å². The predicted molar refractivity (Wildman–Crippen MR) is 92.8 cm³/mol. The van der Waals surface area contributed by atoms with Gasteiger partial charge in [0, 0.05) is 37.2 Å². The van der Waals surface area contributed by atoms with Gasteiger partial charge < -0.3 is 29.5 Å². The first-order valence-corrected chi connectivity index (χ1v) is 8.74. The van der Waals surface area contributed by atoms with E-state index in [0.29, 0.717) is 39.3 Å². The molecule has 142 valence electrons. The highest BCUT2D eigenvalue weighted by Crippen LogP contribution is 2.38. The van der Waals surface area contributed by atoms with Crippen LogP contribution in [0.2, 0.25) is 0 Å². The molecule has 8 heteroatoms. The number of carbonyl (C=O) groups excluding carboxylic acids is 1. The van der Waals surface area contributed by atoms with E-state index in [1.807, 2.05) is 18.2 Å². The highest BCUT2D eigenvalue weighted by atomic mass is 16.5. The molecule has 2 aliphatic rings. The molecule has 26 heavy (non-hydrogen) atoms. The maximum atomic E-state index is 11.5. The van der Waals surface area contributed by atoms with Crippen molar-refractivity contribution in [3.05, 3.63) is 23.8 Å². The zero-order valence-electron chi connectivity index (χ0n) is 14.8. The number of esters is 1. The van der Waals surface area contributed by atoms with Gasteiger partial charge in [0.05, 0.1) is 26.7 Å². The Bertz CT molecular complexity index is 665. The minimum Gasteiger partial charge on any atom is -0.494 e. The van der Waals surface area contributed by atoms with Crippen LogP contribution in [0, 0.1) is 0 Å². The van der Waals surface area contributed by atoms with Gasteiger partial charge in [-0.1, -0.05) is 0 Å². The third kappa shape index (κ3) is 4.37. The van der Waals surface area contributed by atoms with E-state index < -0.39 is 6.09 Å². The first-order valence-electron chi connectivity index (χ1n) is 8.74. The van der Waals surface area contributed by atoms with Crippen molar-refractivity contribution in [1.82, 2.24) is 10.2 Å².